The molecule has 1 aliphatic rings. The highest BCUT2D eigenvalue weighted by Crippen LogP contribution is 2.33. The van der Waals surface area contributed by atoms with Gasteiger partial charge in [-0.3, -0.25) is 4.79 Å². The number of nitrogens with zero attached hydrogens (tertiary/aromatic N) is 2. The third-order valence-electron chi connectivity index (χ3n) is 2.86. The average Bonchev–Trinajstić information content (AvgIpc) is 3.14. The minimum absolute atomic E-state index is 0.240. The normalized spacial score (nSPS) is 14.7. The van der Waals surface area contributed by atoms with Crippen molar-refractivity contribution in [1.29, 1.82) is 0 Å². The number of nitrogens with two attached hydrogens (primary N) is 1. The standard InChI is InChI=1S/C11H18N4O2/c1-17-9-10(13-7-14-11(9)16)15(6-2-5-12)8-3-4-8/h7-8H,2-6,12H2,1H3,(H,13,14,16). The Morgan fingerprint density at radius 2 is 2.41 bits per heavy atom. The molecule has 1 aliphatic carbocycles. The SMILES string of the molecule is COc1c(N(CCCN)C2CC2)nc[nH]c1=O. The van der Waals surface area contributed by atoms with Crippen molar-refractivity contribution in [3.05, 3.63) is 16.7 Å². The molecule has 17 heavy (non-hydrogen) atoms. The highest BCUT2D eigenvalue weighted by Gasteiger charge is 2.31. The van der Waals surface area contributed by atoms with Crippen LogP contribution in [0.2, 0.25) is 0 Å². The highest BCUT2D eigenvalue weighted by atomic mass is 16.5. The molecule has 0 saturated heterocycles. The first-order valence-electron chi connectivity index (χ1n) is 5.86. The van der Waals surface area contributed by atoms with Gasteiger partial charge in [-0.05, 0) is 25.8 Å². The highest BCUT2D eigenvalue weighted by molar-refractivity contribution is 5.52. The van der Waals surface area contributed by atoms with E-state index < -0.39 is 0 Å². The largest absolute Gasteiger partial charge is 0.489 e. The summed E-state index contributed by atoms with van der Waals surface area (Å²) in [5, 5.41) is 0. The maximum absolute atomic E-state index is 11.6. The third kappa shape index (κ3) is 2.58. The van der Waals surface area contributed by atoms with E-state index in [0.717, 1.165) is 25.8 Å². The Labute approximate surface area is 99.8 Å². The average molecular weight is 238 g/mol. The molecule has 94 valence electrons. The minimum atomic E-state index is -0.240. The summed E-state index contributed by atoms with van der Waals surface area (Å²) in [6.07, 6.45) is 4.58. The predicted octanol–water partition coefficient (Wildman–Crippen LogP) is 0.0961. The summed E-state index contributed by atoms with van der Waals surface area (Å²) in [5.74, 6) is 0.920. The molecule has 0 amide bonds. The zero-order chi connectivity index (χ0) is 12.3. The second kappa shape index (κ2) is 5.18. The molecule has 0 radical (unpaired) electrons. The van der Waals surface area contributed by atoms with E-state index in [1.165, 1.54) is 13.4 Å². The first-order valence-corrected chi connectivity index (χ1v) is 5.86. The van der Waals surface area contributed by atoms with Gasteiger partial charge in [0, 0.05) is 12.6 Å². The van der Waals surface area contributed by atoms with Gasteiger partial charge in [0.1, 0.15) is 0 Å². The van der Waals surface area contributed by atoms with Crippen molar-refractivity contribution in [2.45, 2.75) is 25.3 Å². The lowest BCUT2D eigenvalue weighted by molar-refractivity contribution is 0.405. The number of methoxy groups -OCH3 is 1. The molecule has 0 bridgehead atoms. The van der Waals surface area contributed by atoms with E-state index in [0.29, 0.717) is 18.4 Å². The summed E-state index contributed by atoms with van der Waals surface area (Å²) >= 11 is 0. The van der Waals surface area contributed by atoms with Crippen molar-refractivity contribution in [2.75, 3.05) is 25.1 Å². The lowest BCUT2D eigenvalue weighted by Crippen LogP contribution is -2.31. The predicted molar refractivity (Wildman–Crippen MR) is 65.4 cm³/mol. The molecule has 0 atom stereocenters. The third-order valence-corrected chi connectivity index (χ3v) is 2.86. The fraction of sp³-hybridized carbons (Fsp3) is 0.636. The van der Waals surface area contributed by atoms with Gasteiger partial charge in [0.2, 0.25) is 5.75 Å². The van der Waals surface area contributed by atoms with Gasteiger partial charge >= 0.3 is 0 Å². The molecule has 0 spiro atoms. The van der Waals surface area contributed by atoms with Crippen LogP contribution in [0.15, 0.2) is 11.1 Å². The van der Waals surface area contributed by atoms with Gasteiger partial charge < -0.3 is 20.4 Å². The van der Waals surface area contributed by atoms with Crippen molar-refractivity contribution in [3.8, 4) is 5.75 Å². The monoisotopic (exact) mass is 238 g/mol. The fourth-order valence-corrected chi connectivity index (χ4v) is 1.88. The lowest BCUT2D eigenvalue weighted by Gasteiger charge is -2.24. The van der Waals surface area contributed by atoms with Crippen LogP contribution >= 0.6 is 0 Å². The molecule has 6 nitrogen and oxygen atoms in total. The van der Waals surface area contributed by atoms with E-state index in [1.54, 1.807) is 0 Å². The molecule has 3 N–H and O–H groups in total. The molecular weight excluding hydrogens is 220 g/mol. The molecule has 1 heterocycles. The van der Waals surface area contributed by atoms with Crippen LogP contribution in [0.4, 0.5) is 5.82 Å². The van der Waals surface area contributed by atoms with Crippen LogP contribution in [0.25, 0.3) is 0 Å². The van der Waals surface area contributed by atoms with Crippen LogP contribution in [-0.2, 0) is 0 Å². The van der Waals surface area contributed by atoms with E-state index in [9.17, 15) is 4.79 Å². The van der Waals surface area contributed by atoms with E-state index >= 15 is 0 Å². The maximum atomic E-state index is 11.6. The Bertz CT molecular complexity index is 428. The van der Waals surface area contributed by atoms with Gasteiger partial charge in [-0.15, -0.1) is 0 Å². The van der Waals surface area contributed by atoms with E-state index in [1.807, 2.05) is 0 Å². The van der Waals surface area contributed by atoms with Crippen LogP contribution in [0.5, 0.6) is 5.75 Å². The van der Waals surface area contributed by atoms with Crippen molar-refractivity contribution >= 4 is 5.82 Å². The van der Waals surface area contributed by atoms with Crippen molar-refractivity contribution in [2.24, 2.45) is 5.73 Å². The number of aromatic nitrogens is 2. The van der Waals surface area contributed by atoms with Gasteiger partial charge in [0.05, 0.1) is 13.4 Å². The Morgan fingerprint density at radius 3 is 3.00 bits per heavy atom. The fourth-order valence-electron chi connectivity index (χ4n) is 1.88. The zero-order valence-corrected chi connectivity index (χ0v) is 9.98. The smallest absolute Gasteiger partial charge is 0.295 e. The molecule has 0 unspecified atom stereocenters. The van der Waals surface area contributed by atoms with Crippen molar-refractivity contribution < 1.29 is 4.74 Å². The number of nitrogens with one attached hydrogen (secondary N) is 1. The molecule has 1 aromatic rings. The van der Waals surface area contributed by atoms with Gasteiger partial charge in [-0.2, -0.15) is 0 Å². The Kier molecular flexibility index (Phi) is 3.63. The second-order valence-electron chi connectivity index (χ2n) is 4.16. The van der Waals surface area contributed by atoms with E-state index in [-0.39, 0.29) is 11.3 Å². The van der Waals surface area contributed by atoms with Crippen LogP contribution in [0, 0.1) is 0 Å². The molecule has 1 aromatic heterocycles. The Hall–Kier alpha value is -1.56. The number of hydrogen-bond acceptors (Lipinski definition) is 5. The summed E-state index contributed by atoms with van der Waals surface area (Å²) in [6.45, 7) is 1.45. The van der Waals surface area contributed by atoms with Crippen molar-refractivity contribution in [3.63, 3.8) is 0 Å². The first kappa shape index (κ1) is 11.9. The number of anilines is 1. The molecule has 6 heteroatoms. The van der Waals surface area contributed by atoms with E-state index in [4.69, 9.17) is 10.5 Å². The second-order valence-corrected chi connectivity index (χ2v) is 4.16. The summed E-state index contributed by atoms with van der Waals surface area (Å²) in [5.41, 5.74) is 5.29. The van der Waals surface area contributed by atoms with Gasteiger partial charge in [-0.1, -0.05) is 0 Å². The number of H-pyrrole nitrogens is 1. The lowest BCUT2D eigenvalue weighted by atomic mass is 10.3. The summed E-state index contributed by atoms with van der Waals surface area (Å²) < 4.78 is 5.14. The van der Waals surface area contributed by atoms with Crippen molar-refractivity contribution in [1.82, 2.24) is 9.97 Å². The van der Waals surface area contributed by atoms with Gasteiger partial charge in [-0.25, -0.2) is 4.98 Å². The Balaban J connectivity index is 2.28. The minimum Gasteiger partial charge on any atom is -0.489 e. The molecule has 0 aliphatic heterocycles. The molecule has 2 rings (SSSR count). The van der Waals surface area contributed by atoms with Crippen LogP contribution in [0.1, 0.15) is 19.3 Å². The van der Waals surface area contributed by atoms with Crippen LogP contribution in [-0.4, -0.2) is 36.2 Å². The number of rotatable bonds is 6. The number of aromatic amines is 1. The summed E-state index contributed by atoms with van der Waals surface area (Å²) in [4.78, 5) is 20.5. The van der Waals surface area contributed by atoms with Gasteiger partial charge in [0.25, 0.3) is 5.56 Å². The van der Waals surface area contributed by atoms with Crippen LogP contribution < -0.4 is 20.9 Å². The molecule has 0 aromatic carbocycles. The quantitative estimate of drug-likeness (QED) is 0.734. The number of ether oxygens (including phenoxy) is 1. The number of hydrogen-bond donors (Lipinski definition) is 2. The first-order chi connectivity index (χ1) is 8.27. The topological polar surface area (TPSA) is 84.2 Å². The molecular formula is C11H18N4O2. The molecule has 1 fully saturated rings. The Morgan fingerprint density at radius 1 is 1.65 bits per heavy atom. The molecule has 1 saturated carbocycles. The maximum Gasteiger partial charge on any atom is 0.295 e. The van der Waals surface area contributed by atoms with Gasteiger partial charge in [0.15, 0.2) is 5.82 Å². The summed E-state index contributed by atoms with van der Waals surface area (Å²) in [6, 6.07) is 0.477. The van der Waals surface area contributed by atoms with E-state index in [2.05, 4.69) is 14.9 Å². The van der Waals surface area contributed by atoms with Crippen LogP contribution in [0.3, 0.4) is 0 Å². The zero-order valence-electron chi connectivity index (χ0n) is 9.98. The summed E-state index contributed by atoms with van der Waals surface area (Å²) in [7, 11) is 1.49.